The summed E-state index contributed by atoms with van der Waals surface area (Å²) in [6, 6.07) is 3.78. The van der Waals surface area contributed by atoms with Crippen molar-refractivity contribution in [3.8, 4) is 0 Å². The quantitative estimate of drug-likeness (QED) is 0.808. The molecule has 1 aliphatic rings. The van der Waals surface area contributed by atoms with E-state index in [0.29, 0.717) is 12.4 Å². The minimum absolute atomic E-state index is 0.0167. The van der Waals surface area contributed by atoms with Gasteiger partial charge in [0, 0.05) is 12.7 Å². The Morgan fingerprint density at radius 1 is 1.62 bits per heavy atom. The summed E-state index contributed by atoms with van der Waals surface area (Å²) in [5, 5.41) is 2.87. The molecule has 0 saturated heterocycles. The molecule has 1 aromatic heterocycles. The first kappa shape index (κ1) is 11.1. The van der Waals surface area contributed by atoms with Crippen molar-refractivity contribution in [2.45, 2.75) is 26.2 Å². The number of hydrogen-bond donors (Lipinski definition) is 2. The molecule has 1 fully saturated rings. The first-order valence-corrected chi connectivity index (χ1v) is 5.61. The number of amides is 1. The molecule has 16 heavy (non-hydrogen) atoms. The van der Waals surface area contributed by atoms with Gasteiger partial charge in [-0.3, -0.25) is 4.79 Å². The van der Waals surface area contributed by atoms with Crippen LogP contribution < -0.4 is 11.1 Å². The van der Waals surface area contributed by atoms with E-state index in [1.807, 2.05) is 19.1 Å². The Labute approximate surface area is 95.3 Å². The molecule has 1 aliphatic carbocycles. The van der Waals surface area contributed by atoms with Gasteiger partial charge in [0.05, 0.1) is 5.41 Å². The Bertz CT molecular complexity index is 393. The molecule has 1 heterocycles. The van der Waals surface area contributed by atoms with Gasteiger partial charge in [-0.25, -0.2) is 4.98 Å². The van der Waals surface area contributed by atoms with Crippen molar-refractivity contribution in [3.05, 3.63) is 23.9 Å². The van der Waals surface area contributed by atoms with E-state index in [9.17, 15) is 4.79 Å². The smallest absolute Gasteiger partial charge is 0.233 e. The van der Waals surface area contributed by atoms with Crippen molar-refractivity contribution < 1.29 is 4.79 Å². The lowest BCUT2D eigenvalue weighted by atomic mass is 9.68. The van der Waals surface area contributed by atoms with Crippen LogP contribution in [0.4, 0.5) is 5.82 Å². The minimum atomic E-state index is -0.343. The van der Waals surface area contributed by atoms with Gasteiger partial charge in [-0.2, -0.15) is 0 Å². The molecule has 3 N–H and O–H groups in total. The SMILES string of the molecule is Cc1cccnc1NC(=O)C1(CN)CCC1. The molecule has 1 amide bonds. The topological polar surface area (TPSA) is 68.0 Å². The number of aromatic nitrogens is 1. The number of anilines is 1. The van der Waals surface area contributed by atoms with Crippen LogP contribution in [0.1, 0.15) is 24.8 Å². The lowest BCUT2D eigenvalue weighted by molar-refractivity contribution is -0.129. The summed E-state index contributed by atoms with van der Waals surface area (Å²) in [4.78, 5) is 16.2. The molecule has 0 spiro atoms. The van der Waals surface area contributed by atoms with Gasteiger partial charge in [-0.15, -0.1) is 0 Å². The molecule has 4 nitrogen and oxygen atoms in total. The van der Waals surface area contributed by atoms with Crippen LogP contribution in [-0.2, 0) is 4.79 Å². The zero-order valence-corrected chi connectivity index (χ0v) is 9.49. The summed E-state index contributed by atoms with van der Waals surface area (Å²) in [7, 11) is 0. The number of carbonyl (C=O) groups excluding carboxylic acids is 1. The van der Waals surface area contributed by atoms with E-state index in [-0.39, 0.29) is 11.3 Å². The van der Waals surface area contributed by atoms with E-state index >= 15 is 0 Å². The van der Waals surface area contributed by atoms with Crippen LogP contribution in [0.25, 0.3) is 0 Å². The van der Waals surface area contributed by atoms with Crippen LogP contribution in [0.3, 0.4) is 0 Å². The number of pyridine rings is 1. The normalized spacial score (nSPS) is 17.6. The molecule has 86 valence electrons. The average molecular weight is 219 g/mol. The molecule has 2 rings (SSSR count). The Morgan fingerprint density at radius 2 is 2.38 bits per heavy atom. The summed E-state index contributed by atoms with van der Waals surface area (Å²) in [5.41, 5.74) is 6.31. The number of aryl methyl sites for hydroxylation is 1. The van der Waals surface area contributed by atoms with E-state index in [2.05, 4.69) is 10.3 Å². The average Bonchev–Trinajstić information content (AvgIpc) is 2.21. The van der Waals surface area contributed by atoms with Crippen LogP contribution in [0.2, 0.25) is 0 Å². The third-order valence-electron chi connectivity index (χ3n) is 3.42. The van der Waals surface area contributed by atoms with E-state index < -0.39 is 0 Å². The summed E-state index contributed by atoms with van der Waals surface area (Å²) >= 11 is 0. The number of nitrogens with zero attached hydrogens (tertiary/aromatic N) is 1. The van der Waals surface area contributed by atoms with Gasteiger partial charge in [0.2, 0.25) is 5.91 Å². The Morgan fingerprint density at radius 3 is 2.88 bits per heavy atom. The summed E-state index contributed by atoms with van der Waals surface area (Å²) in [5.74, 6) is 0.662. The first-order chi connectivity index (χ1) is 7.68. The first-order valence-electron chi connectivity index (χ1n) is 5.61. The van der Waals surface area contributed by atoms with Gasteiger partial charge in [0.25, 0.3) is 0 Å². The van der Waals surface area contributed by atoms with Gasteiger partial charge >= 0.3 is 0 Å². The van der Waals surface area contributed by atoms with Gasteiger partial charge in [-0.05, 0) is 31.4 Å². The van der Waals surface area contributed by atoms with Crippen molar-refractivity contribution in [1.82, 2.24) is 4.98 Å². The zero-order chi connectivity index (χ0) is 11.6. The molecule has 0 bridgehead atoms. The van der Waals surface area contributed by atoms with Crippen LogP contribution >= 0.6 is 0 Å². The third-order valence-corrected chi connectivity index (χ3v) is 3.42. The maximum atomic E-state index is 12.1. The van der Waals surface area contributed by atoms with E-state index in [1.165, 1.54) is 0 Å². The largest absolute Gasteiger partial charge is 0.329 e. The molecule has 0 atom stereocenters. The maximum Gasteiger partial charge on any atom is 0.233 e. The second-order valence-electron chi connectivity index (χ2n) is 4.46. The van der Waals surface area contributed by atoms with Gasteiger partial charge in [0.1, 0.15) is 5.82 Å². The van der Waals surface area contributed by atoms with Crippen molar-refractivity contribution >= 4 is 11.7 Å². The lowest BCUT2D eigenvalue weighted by Gasteiger charge is -2.38. The highest BCUT2D eigenvalue weighted by Gasteiger charge is 2.42. The molecule has 4 heteroatoms. The molecule has 1 aromatic rings. The van der Waals surface area contributed by atoms with E-state index in [0.717, 1.165) is 24.8 Å². The van der Waals surface area contributed by atoms with Gasteiger partial charge in [0.15, 0.2) is 0 Å². The second-order valence-corrected chi connectivity index (χ2v) is 4.46. The van der Waals surface area contributed by atoms with Crippen LogP contribution in [-0.4, -0.2) is 17.4 Å². The number of carbonyl (C=O) groups is 1. The number of nitrogens with one attached hydrogen (secondary N) is 1. The van der Waals surface area contributed by atoms with Gasteiger partial charge in [-0.1, -0.05) is 12.5 Å². The van der Waals surface area contributed by atoms with Crippen LogP contribution in [0, 0.1) is 12.3 Å². The molecule has 0 aromatic carbocycles. The molecule has 0 unspecified atom stereocenters. The fourth-order valence-electron chi connectivity index (χ4n) is 1.98. The van der Waals surface area contributed by atoms with Crippen molar-refractivity contribution in [2.24, 2.45) is 11.1 Å². The molecule has 1 saturated carbocycles. The number of nitrogens with two attached hydrogens (primary N) is 1. The molecular formula is C12H17N3O. The fraction of sp³-hybridized carbons (Fsp3) is 0.500. The van der Waals surface area contributed by atoms with Crippen LogP contribution in [0.5, 0.6) is 0 Å². The molecule has 0 aliphatic heterocycles. The van der Waals surface area contributed by atoms with Gasteiger partial charge < -0.3 is 11.1 Å². The fourth-order valence-corrected chi connectivity index (χ4v) is 1.98. The Hall–Kier alpha value is -1.42. The minimum Gasteiger partial charge on any atom is -0.329 e. The van der Waals surface area contributed by atoms with Crippen molar-refractivity contribution in [2.75, 3.05) is 11.9 Å². The van der Waals surface area contributed by atoms with Crippen molar-refractivity contribution in [1.29, 1.82) is 0 Å². The third kappa shape index (κ3) is 1.80. The lowest BCUT2D eigenvalue weighted by Crippen LogP contribution is -2.47. The standard InChI is InChI=1S/C12H17N3O/c1-9-4-2-7-14-10(9)15-11(16)12(8-13)5-3-6-12/h2,4,7H,3,5-6,8,13H2,1H3,(H,14,15,16). The number of rotatable bonds is 3. The van der Waals surface area contributed by atoms with Crippen LogP contribution in [0.15, 0.2) is 18.3 Å². The van der Waals surface area contributed by atoms with E-state index in [1.54, 1.807) is 6.20 Å². The predicted octanol–water partition coefficient (Wildman–Crippen LogP) is 1.46. The monoisotopic (exact) mass is 219 g/mol. The maximum absolute atomic E-state index is 12.1. The highest BCUT2D eigenvalue weighted by Crippen LogP contribution is 2.40. The Kier molecular flexibility index (Phi) is 2.92. The molecule has 0 radical (unpaired) electrons. The summed E-state index contributed by atoms with van der Waals surface area (Å²) < 4.78 is 0. The second kappa shape index (κ2) is 4.22. The highest BCUT2D eigenvalue weighted by atomic mass is 16.2. The highest BCUT2D eigenvalue weighted by molar-refractivity contribution is 5.95. The van der Waals surface area contributed by atoms with Crippen molar-refractivity contribution in [3.63, 3.8) is 0 Å². The van der Waals surface area contributed by atoms with E-state index in [4.69, 9.17) is 5.73 Å². The predicted molar refractivity (Wildman–Crippen MR) is 62.9 cm³/mol. The molecular weight excluding hydrogens is 202 g/mol. The summed E-state index contributed by atoms with van der Waals surface area (Å²) in [6.45, 7) is 2.35. The summed E-state index contributed by atoms with van der Waals surface area (Å²) in [6.07, 6.45) is 4.55. The zero-order valence-electron chi connectivity index (χ0n) is 9.49. The number of hydrogen-bond acceptors (Lipinski definition) is 3. The Balaban J connectivity index is 2.10.